The minimum atomic E-state index is -2.81. The average molecular weight is 504 g/mol. The Morgan fingerprint density at radius 3 is 2.53 bits per heavy atom. The van der Waals surface area contributed by atoms with Crippen molar-refractivity contribution in [3.63, 3.8) is 0 Å². The molecule has 1 N–H and O–H groups in total. The van der Waals surface area contributed by atoms with E-state index in [1.54, 1.807) is 16.7 Å². The zero-order valence-electron chi connectivity index (χ0n) is 17.0. The number of hydrogen-bond donors (Lipinski definition) is 1. The van der Waals surface area contributed by atoms with Crippen molar-refractivity contribution in [2.24, 2.45) is 0 Å². The summed E-state index contributed by atoms with van der Waals surface area (Å²) in [6.45, 7) is 2.17. The SMILES string of the molecule is O=c1n(Cc2ccc(-c3nnc(C(F)F)o3)cc2)c2cc(Br)ccc2n1C1CCNCC1. The molecule has 4 aromatic rings. The molecule has 0 bridgehead atoms. The molecule has 3 heterocycles. The van der Waals surface area contributed by atoms with Crippen molar-refractivity contribution < 1.29 is 13.2 Å². The van der Waals surface area contributed by atoms with Crippen LogP contribution in [0.4, 0.5) is 8.78 Å². The van der Waals surface area contributed by atoms with E-state index < -0.39 is 12.3 Å². The second-order valence-corrected chi connectivity index (χ2v) is 8.71. The quantitative estimate of drug-likeness (QED) is 0.433. The monoisotopic (exact) mass is 503 g/mol. The van der Waals surface area contributed by atoms with Crippen LogP contribution in [0.15, 0.2) is 56.1 Å². The van der Waals surface area contributed by atoms with Gasteiger partial charge >= 0.3 is 12.1 Å². The molecule has 7 nitrogen and oxygen atoms in total. The van der Waals surface area contributed by atoms with Crippen LogP contribution in [0, 0.1) is 0 Å². The maximum atomic E-state index is 13.4. The van der Waals surface area contributed by atoms with Gasteiger partial charge in [0.2, 0.25) is 5.89 Å². The Bertz CT molecular complexity index is 1310. The van der Waals surface area contributed by atoms with Crippen molar-refractivity contribution in [3.8, 4) is 11.5 Å². The van der Waals surface area contributed by atoms with E-state index >= 15 is 0 Å². The van der Waals surface area contributed by atoms with E-state index in [9.17, 15) is 13.6 Å². The van der Waals surface area contributed by atoms with E-state index in [1.807, 2.05) is 34.9 Å². The maximum absolute atomic E-state index is 13.4. The summed E-state index contributed by atoms with van der Waals surface area (Å²) in [7, 11) is 0. The highest BCUT2D eigenvalue weighted by atomic mass is 79.9. The Balaban J connectivity index is 1.49. The van der Waals surface area contributed by atoms with E-state index in [1.165, 1.54) is 0 Å². The van der Waals surface area contributed by atoms with Crippen LogP contribution in [0.5, 0.6) is 0 Å². The van der Waals surface area contributed by atoms with Crippen LogP contribution in [0.3, 0.4) is 0 Å². The standard InChI is InChI=1S/C22H20BrF2N5O2/c23-15-5-6-17-18(11-15)29(22(31)30(17)16-7-9-26-10-8-16)12-13-1-3-14(4-2-13)20-27-28-21(32-20)19(24)25/h1-6,11,16,19,26H,7-10,12H2. The molecule has 2 aromatic heterocycles. The average Bonchev–Trinajstić information content (AvgIpc) is 3.39. The van der Waals surface area contributed by atoms with Gasteiger partial charge in [0.15, 0.2) is 0 Å². The Morgan fingerprint density at radius 2 is 1.84 bits per heavy atom. The molecule has 5 rings (SSSR count). The molecule has 166 valence electrons. The van der Waals surface area contributed by atoms with Crippen molar-refractivity contribution >= 4 is 27.0 Å². The molecule has 0 aliphatic carbocycles. The topological polar surface area (TPSA) is 77.9 Å². The Morgan fingerprint density at radius 1 is 1.09 bits per heavy atom. The molecule has 10 heteroatoms. The third-order valence-electron chi connectivity index (χ3n) is 5.77. The summed E-state index contributed by atoms with van der Waals surface area (Å²) in [5.41, 5.74) is 3.19. The van der Waals surface area contributed by atoms with Gasteiger partial charge in [-0.1, -0.05) is 28.1 Å². The summed E-state index contributed by atoms with van der Waals surface area (Å²) in [4.78, 5) is 13.4. The molecular weight excluding hydrogens is 484 g/mol. The van der Waals surface area contributed by atoms with Crippen molar-refractivity contribution in [2.45, 2.75) is 31.9 Å². The number of fused-ring (bicyclic) bond motifs is 1. The summed E-state index contributed by atoms with van der Waals surface area (Å²) >= 11 is 3.52. The number of nitrogens with one attached hydrogen (secondary N) is 1. The van der Waals surface area contributed by atoms with E-state index in [0.717, 1.165) is 47.0 Å². The number of piperidine rings is 1. The zero-order chi connectivity index (χ0) is 22.2. The van der Waals surface area contributed by atoms with Gasteiger partial charge in [-0.05, 0) is 61.8 Å². The molecule has 0 unspecified atom stereocenters. The predicted octanol–water partition coefficient (Wildman–Crippen LogP) is 4.53. The first kappa shape index (κ1) is 21.0. The summed E-state index contributed by atoms with van der Waals surface area (Å²) in [6, 6.07) is 13.2. The number of aromatic nitrogens is 4. The Kier molecular flexibility index (Phi) is 5.64. The van der Waals surface area contributed by atoms with Crippen LogP contribution in [-0.2, 0) is 6.54 Å². The van der Waals surface area contributed by atoms with Gasteiger partial charge in [0, 0.05) is 16.1 Å². The van der Waals surface area contributed by atoms with Crippen LogP contribution in [0.1, 0.15) is 36.8 Å². The summed E-state index contributed by atoms with van der Waals surface area (Å²) in [5.74, 6) is -0.664. The molecule has 0 radical (unpaired) electrons. The van der Waals surface area contributed by atoms with Gasteiger partial charge in [-0.2, -0.15) is 8.78 Å². The normalized spacial score (nSPS) is 15.1. The predicted molar refractivity (Wildman–Crippen MR) is 119 cm³/mol. The lowest BCUT2D eigenvalue weighted by Crippen LogP contribution is -2.35. The molecule has 2 aromatic carbocycles. The molecule has 0 amide bonds. The summed E-state index contributed by atoms with van der Waals surface area (Å²) < 4.78 is 35.0. The number of rotatable bonds is 5. The highest BCUT2D eigenvalue weighted by Crippen LogP contribution is 2.27. The van der Waals surface area contributed by atoms with Crippen molar-refractivity contribution in [2.75, 3.05) is 13.1 Å². The van der Waals surface area contributed by atoms with Gasteiger partial charge in [-0.15, -0.1) is 10.2 Å². The van der Waals surface area contributed by atoms with E-state index in [0.29, 0.717) is 12.1 Å². The van der Waals surface area contributed by atoms with Gasteiger partial charge in [-0.3, -0.25) is 9.13 Å². The fourth-order valence-electron chi connectivity index (χ4n) is 4.20. The number of nitrogens with zero attached hydrogens (tertiary/aromatic N) is 4. The second kappa shape index (κ2) is 8.59. The van der Waals surface area contributed by atoms with Gasteiger partial charge in [0.1, 0.15) is 0 Å². The Hall–Kier alpha value is -2.85. The van der Waals surface area contributed by atoms with Gasteiger partial charge in [0.05, 0.1) is 17.6 Å². The number of benzene rings is 2. The van der Waals surface area contributed by atoms with Gasteiger partial charge in [-0.25, -0.2) is 4.79 Å². The first-order valence-corrected chi connectivity index (χ1v) is 11.1. The molecule has 0 saturated carbocycles. The number of hydrogen-bond acceptors (Lipinski definition) is 5. The van der Waals surface area contributed by atoms with E-state index in [2.05, 4.69) is 31.4 Å². The number of imidazole rings is 1. The first-order valence-electron chi connectivity index (χ1n) is 10.3. The van der Waals surface area contributed by atoms with Gasteiger partial charge in [0.25, 0.3) is 5.89 Å². The van der Waals surface area contributed by atoms with Crippen LogP contribution in [0.2, 0.25) is 0 Å². The van der Waals surface area contributed by atoms with Crippen LogP contribution in [-0.4, -0.2) is 32.4 Å². The van der Waals surface area contributed by atoms with E-state index in [-0.39, 0.29) is 17.6 Å². The second-order valence-electron chi connectivity index (χ2n) is 7.80. The molecule has 1 aliphatic heterocycles. The largest absolute Gasteiger partial charge is 0.415 e. The van der Waals surface area contributed by atoms with Crippen LogP contribution in [0.25, 0.3) is 22.5 Å². The lowest BCUT2D eigenvalue weighted by atomic mass is 10.1. The minimum absolute atomic E-state index is 0.0347. The molecule has 1 saturated heterocycles. The lowest BCUT2D eigenvalue weighted by Gasteiger charge is -2.23. The van der Waals surface area contributed by atoms with Crippen molar-refractivity contribution in [3.05, 3.63) is 68.9 Å². The zero-order valence-corrected chi connectivity index (χ0v) is 18.6. The molecule has 1 aliphatic rings. The lowest BCUT2D eigenvalue weighted by molar-refractivity contribution is 0.116. The fraction of sp³-hybridized carbons (Fsp3) is 0.318. The summed E-state index contributed by atoms with van der Waals surface area (Å²) in [5, 5.41) is 10.4. The van der Waals surface area contributed by atoms with E-state index in [4.69, 9.17) is 4.42 Å². The molecular formula is C22H20BrF2N5O2. The van der Waals surface area contributed by atoms with Crippen molar-refractivity contribution in [1.29, 1.82) is 0 Å². The third kappa shape index (κ3) is 3.88. The number of halogens is 3. The maximum Gasteiger partial charge on any atom is 0.329 e. The van der Waals surface area contributed by atoms with Crippen molar-refractivity contribution in [1.82, 2.24) is 24.6 Å². The first-order chi connectivity index (χ1) is 15.5. The van der Waals surface area contributed by atoms with Crippen LogP contribution >= 0.6 is 15.9 Å². The molecule has 32 heavy (non-hydrogen) atoms. The number of alkyl halides is 2. The molecule has 0 spiro atoms. The highest BCUT2D eigenvalue weighted by Gasteiger charge is 2.23. The van der Waals surface area contributed by atoms with Gasteiger partial charge < -0.3 is 9.73 Å². The smallest absolute Gasteiger partial charge is 0.329 e. The van der Waals surface area contributed by atoms with Crippen LogP contribution < -0.4 is 11.0 Å². The fourth-order valence-corrected chi connectivity index (χ4v) is 4.55. The third-order valence-corrected chi connectivity index (χ3v) is 6.26. The molecule has 1 fully saturated rings. The summed E-state index contributed by atoms with van der Waals surface area (Å²) in [6.07, 6.45) is -0.984. The molecule has 0 atom stereocenters. The Labute approximate surface area is 190 Å². The minimum Gasteiger partial charge on any atom is -0.415 e. The highest BCUT2D eigenvalue weighted by molar-refractivity contribution is 9.10.